The van der Waals surface area contributed by atoms with Crippen LogP contribution in [-0.2, 0) is 9.59 Å². The highest BCUT2D eigenvalue weighted by Gasteiger charge is 2.31. The number of thioether (sulfide) groups is 1. The lowest BCUT2D eigenvalue weighted by molar-refractivity contribution is -0.121. The number of carbonyl (C=O) groups is 2. The SMILES string of the molecule is O=C(C[C@@H]1SC(c2ccc(O)cc2)=NC1=O)Nc1ccc(F)cc1. The number of anilines is 1. The highest BCUT2D eigenvalue weighted by atomic mass is 32.2. The van der Waals surface area contributed by atoms with Gasteiger partial charge in [0.2, 0.25) is 5.91 Å². The molecule has 2 N–H and O–H groups in total. The van der Waals surface area contributed by atoms with E-state index in [9.17, 15) is 19.1 Å². The van der Waals surface area contributed by atoms with Crippen molar-refractivity contribution in [1.82, 2.24) is 0 Å². The number of nitrogens with one attached hydrogen (secondary N) is 1. The number of hydrogen-bond acceptors (Lipinski definition) is 4. The number of aliphatic imine (C=N–C) groups is 1. The summed E-state index contributed by atoms with van der Waals surface area (Å²) < 4.78 is 12.8. The van der Waals surface area contributed by atoms with E-state index >= 15 is 0 Å². The van der Waals surface area contributed by atoms with Crippen LogP contribution in [0, 0.1) is 5.82 Å². The number of hydrogen-bond donors (Lipinski definition) is 2. The zero-order valence-electron chi connectivity index (χ0n) is 12.4. The Kier molecular flexibility index (Phi) is 4.61. The Balaban J connectivity index is 1.60. The third-order valence-corrected chi connectivity index (χ3v) is 4.56. The van der Waals surface area contributed by atoms with Gasteiger partial charge in [-0.2, -0.15) is 0 Å². The third-order valence-electron chi connectivity index (χ3n) is 3.35. The molecule has 0 radical (unpaired) electrons. The van der Waals surface area contributed by atoms with Crippen LogP contribution in [0.2, 0.25) is 0 Å². The molecular weight excluding hydrogens is 331 g/mol. The number of carbonyl (C=O) groups excluding carboxylic acids is 2. The van der Waals surface area contributed by atoms with Crippen LogP contribution < -0.4 is 5.32 Å². The Labute approximate surface area is 141 Å². The first kappa shape index (κ1) is 16.2. The quantitative estimate of drug-likeness (QED) is 0.894. The van der Waals surface area contributed by atoms with Gasteiger partial charge in [-0.3, -0.25) is 9.59 Å². The Hall–Kier alpha value is -2.67. The number of rotatable bonds is 4. The van der Waals surface area contributed by atoms with Crippen molar-refractivity contribution in [3.63, 3.8) is 0 Å². The fraction of sp³-hybridized carbons (Fsp3) is 0.118. The van der Waals surface area contributed by atoms with Crippen molar-refractivity contribution in [2.45, 2.75) is 11.7 Å². The molecule has 0 bridgehead atoms. The van der Waals surface area contributed by atoms with E-state index in [4.69, 9.17) is 0 Å². The van der Waals surface area contributed by atoms with Crippen LogP contribution in [0.1, 0.15) is 12.0 Å². The molecule has 7 heteroatoms. The molecule has 5 nitrogen and oxygen atoms in total. The van der Waals surface area contributed by atoms with Crippen molar-refractivity contribution < 1.29 is 19.1 Å². The minimum Gasteiger partial charge on any atom is -0.508 e. The number of benzene rings is 2. The molecule has 0 spiro atoms. The zero-order valence-corrected chi connectivity index (χ0v) is 13.2. The van der Waals surface area contributed by atoms with Crippen molar-refractivity contribution in [2.24, 2.45) is 4.99 Å². The van der Waals surface area contributed by atoms with Gasteiger partial charge in [0.25, 0.3) is 5.91 Å². The van der Waals surface area contributed by atoms with Crippen LogP contribution in [0.3, 0.4) is 0 Å². The summed E-state index contributed by atoms with van der Waals surface area (Å²) in [6.45, 7) is 0. The number of halogens is 1. The predicted octanol–water partition coefficient (Wildman–Crippen LogP) is 2.95. The molecule has 0 aliphatic carbocycles. The fourth-order valence-corrected chi connectivity index (χ4v) is 3.24. The van der Waals surface area contributed by atoms with Gasteiger partial charge in [-0.15, -0.1) is 0 Å². The molecule has 1 atom stereocenters. The Morgan fingerprint density at radius 2 is 1.83 bits per heavy atom. The van der Waals surface area contributed by atoms with Crippen LogP contribution in [0.25, 0.3) is 0 Å². The van der Waals surface area contributed by atoms with E-state index in [2.05, 4.69) is 10.3 Å². The number of aromatic hydroxyl groups is 1. The van der Waals surface area contributed by atoms with Crippen LogP contribution in [-0.4, -0.2) is 27.2 Å². The molecule has 0 saturated heterocycles. The summed E-state index contributed by atoms with van der Waals surface area (Å²) in [7, 11) is 0. The Bertz CT molecular complexity index is 804. The lowest BCUT2D eigenvalue weighted by Gasteiger charge is -2.08. The van der Waals surface area contributed by atoms with Gasteiger partial charge in [-0.25, -0.2) is 9.38 Å². The summed E-state index contributed by atoms with van der Waals surface area (Å²) in [5, 5.41) is 11.9. The van der Waals surface area contributed by atoms with Gasteiger partial charge < -0.3 is 10.4 Å². The third kappa shape index (κ3) is 3.80. The first-order valence-corrected chi connectivity index (χ1v) is 8.03. The average Bonchev–Trinajstić information content (AvgIpc) is 2.91. The normalized spacial score (nSPS) is 16.8. The van der Waals surface area contributed by atoms with E-state index in [0.717, 1.165) is 0 Å². The van der Waals surface area contributed by atoms with Gasteiger partial charge in [0, 0.05) is 17.7 Å². The second-order valence-corrected chi connectivity index (χ2v) is 6.36. The van der Waals surface area contributed by atoms with Crippen molar-refractivity contribution in [2.75, 3.05) is 5.32 Å². The zero-order chi connectivity index (χ0) is 17.1. The van der Waals surface area contributed by atoms with E-state index in [1.54, 1.807) is 12.1 Å². The molecule has 0 saturated carbocycles. The summed E-state index contributed by atoms with van der Waals surface area (Å²) in [5.74, 6) is -0.961. The minimum atomic E-state index is -0.589. The maximum atomic E-state index is 12.8. The monoisotopic (exact) mass is 344 g/mol. The largest absolute Gasteiger partial charge is 0.508 e. The van der Waals surface area contributed by atoms with Gasteiger partial charge in [0.05, 0.1) is 0 Å². The van der Waals surface area contributed by atoms with Gasteiger partial charge >= 0.3 is 0 Å². The molecule has 3 rings (SSSR count). The summed E-state index contributed by atoms with van der Waals surface area (Å²) in [5.41, 5.74) is 1.18. The van der Waals surface area contributed by atoms with Gasteiger partial charge in [-0.05, 0) is 48.5 Å². The number of nitrogens with zero attached hydrogens (tertiary/aromatic N) is 1. The fourth-order valence-electron chi connectivity index (χ4n) is 2.16. The van der Waals surface area contributed by atoms with Gasteiger partial charge in [0.1, 0.15) is 21.9 Å². The second kappa shape index (κ2) is 6.84. The lowest BCUT2D eigenvalue weighted by atomic mass is 10.2. The van der Waals surface area contributed by atoms with Crippen LogP contribution in [0.15, 0.2) is 53.5 Å². The molecule has 2 aromatic rings. The minimum absolute atomic E-state index is 0.0219. The molecule has 1 aliphatic rings. The molecule has 1 heterocycles. The smallest absolute Gasteiger partial charge is 0.260 e. The summed E-state index contributed by atoms with van der Waals surface area (Å²) >= 11 is 1.22. The van der Waals surface area contributed by atoms with Gasteiger partial charge in [-0.1, -0.05) is 11.8 Å². The maximum absolute atomic E-state index is 12.8. The van der Waals surface area contributed by atoms with E-state index < -0.39 is 5.25 Å². The number of phenolic OH excluding ortho intramolecular Hbond substituents is 1. The van der Waals surface area contributed by atoms with Crippen LogP contribution >= 0.6 is 11.8 Å². The van der Waals surface area contributed by atoms with Crippen molar-refractivity contribution in [3.05, 3.63) is 59.9 Å². The predicted molar refractivity (Wildman–Crippen MR) is 90.7 cm³/mol. The summed E-state index contributed by atoms with van der Waals surface area (Å²) in [6, 6.07) is 11.7. The van der Waals surface area contributed by atoms with E-state index in [1.807, 2.05) is 0 Å². The van der Waals surface area contributed by atoms with E-state index in [-0.39, 0.29) is 29.8 Å². The van der Waals surface area contributed by atoms with Crippen molar-refractivity contribution in [3.8, 4) is 5.75 Å². The molecule has 122 valence electrons. The maximum Gasteiger partial charge on any atom is 0.260 e. The molecular formula is C17H13FN2O3S. The Morgan fingerprint density at radius 1 is 1.17 bits per heavy atom. The molecule has 1 aliphatic heterocycles. The van der Waals surface area contributed by atoms with E-state index in [1.165, 1.54) is 48.2 Å². The lowest BCUT2D eigenvalue weighted by Crippen LogP contribution is -2.21. The molecule has 0 aromatic heterocycles. The van der Waals surface area contributed by atoms with E-state index in [0.29, 0.717) is 16.3 Å². The highest BCUT2D eigenvalue weighted by Crippen LogP contribution is 2.29. The number of amides is 2. The molecule has 0 unspecified atom stereocenters. The first-order chi connectivity index (χ1) is 11.5. The van der Waals surface area contributed by atoms with Gasteiger partial charge in [0.15, 0.2) is 0 Å². The average molecular weight is 344 g/mol. The molecule has 24 heavy (non-hydrogen) atoms. The topological polar surface area (TPSA) is 78.8 Å². The second-order valence-electron chi connectivity index (χ2n) is 5.17. The first-order valence-electron chi connectivity index (χ1n) is 7.15. The van der Waals surface area contributed by atoms with Crippen LogP contribution in [0.5, 0.6) is 5.75 Å². The molecule has 0 fully saturated rings. The van der Waals surface area contributed by atoms with Crippen molar-refractivity contribution >= 4 is 34.3 Å². The highest BCUT2D eigenvalue weighted by molar-refractivity contribution is 8.16. The molecule has 2 amide bonds. The number of phenols is 1. The summed E-state index contributed by atoms with van der Waals surface area (Å²) in [4.78, 5) is 28.0. The molecule has 2 aromatic carbocycles. The standard InChI is InChI=1S/C17H13FN2O3S/c18-11-3-5-12(6-4-11)19-15(22)9-14-16(23)20-17(24-14)10-1-7-13(21)8-2-10/h1-8,14,21H,9H2,(H,19,22)/t14-/m0/s1. The van der Waals surface area contributed by atoms with Crippen LogP contribution in [0.4, 0.5) is 10.1 Å². The summed E-state index contributed by atoms with van der Waals surface area (Å²) in [6.07, 6.45) is -0.0219. The Morgan fingerprint density at radius 3 is 2.50 bits per heavy atom. The van der Waals surface area contributed by atoms with Crippen molar-refractivity contribution in [1.29, 1.82) is 0 Å².